The van der Waals surface area contributed by atoms with E-state index in [1.807, 2.05) is 0 Å². The van der Waals surface area contributed by atoms with E-state index in [9.17, 15) is 9.18 Å². The van der Waals surface area contributed by atoms with E-state index in [1.54, 1.807) is 25.3 Å². The Labute approximate surface area is 91.5 Å². The van der Waals surface area contributed by atoms with Crippen molar-refractivity contribution in [1.82, 2.24) is 4.98 Å². The highest BCUT2D eigenvalue weighted by atomic mass is 19.1. The highest BCUT2D eigenvalue weighted by Gasteiger charge is 2.13. The number of aromatic carboxylic acids is 1. The zero-order valence-electron chi connectivity index (χ0n) is 8.62. The molecule has 0 spiro atoms. The van der Waals surface area contributed by atoms with E-state index in [0.717, 1.165) is 0 Å². The molecule has 3 nitrogen and oxygen atoms in total. The molecule has 4 heteroatoms. The first-order chi connectivity index (χ1) is 7.59. The van der Waals surface area contributed by atoms with E-state index in [4.69, 9.17) is 5.11 Å². The molecule has 2 N–H and O–H groups in total. The monoisotopic (exact) mass is 219 g/mol. The van der Waals surface area contributed by atoms with Crippen LogP contribution >= 0.6 is 0 Å². The number of rotatable bonds is 2. The van der Waals surface area contributed by atoms with E-state index < -0.39 is 5.97 Å². The van der Waals surface area contributed by atoms with Gasteiger partial charge in [0.05, 0.1) is 5.56 Å². The minimum Gasteiger partial charge on any atom is -0.478 e. The molecule has 0 radical (unpaired) electrons. The maximum absolute atomic E-state index is 13.3. The van der Waals surface area contributed by atoms with Crippen LogP contribution in [-0.4, -0.2) is 16.1 Å². The standard InChI is InChI=1S/C12H10FNO2/c1-7-2-3-8(4-11(7)13)9-5-14-6-10(9)12(15)16/h2-6,14H,1H3,(H,15,16). The van der Waals surface area contributed by atoms with Crippen LogP contribution in [0.2, 0.25) is 0 Å². The molecular weight excluding hydrogens is 209 g/mol. The van der Waals surface area contributed by atoms with Crippen LogP contribution < -0.4 is 0 Å². The highest BCUT2D eigenvalue weighted by molar-refractivity contribution is 5.95. The topological polar surface area (TPSA) is 53.1 Å². The third-order valence-corrected chi connectivity index (χ3v) is 2.46. The minimum absolute atomic E-state index is 0.142. The number of halogens is 1. The summed E-state index contributed by atoms with van der Waals surface area (Å²) >= 11 is 0. The summed E-state index contributed by atoms with van der Waals surface area (Å²) in [5, 5.41) is 8.93. The number of hydrogen-bond donors (Lipinski definition) is 2. The molecule has 1 aromatic heterocycles. The number of aryl methyl sites for hydroxylation is 1. The van der Waals surface area contributed by atoms with Gasteiger partial charge in [0.15, 0.2) is 0 Å². The van der Waals surface area contributed by atoms with Crippen molar-refractivity contribution in [2.45, 2.75) is 6.92 Å². The zero-order valence-corrected chi connectivity index (χ0v) is 8.62. The number of carboxylic acid groups (broad SMARTS) is 1. The Morgan fingerprint density at radius 2 is 2.12 bits per heavy atom. The van der Waals surface area contributed by atoms with Crippen molar-refractivity contribution in [3.63, 3.8) is 0 Å². The molecule has 1 heterocycles. The maximum atomic E-state index is 13.3. The Bertz CT molecular complexity index is 546. The molecule has 0 saturated heterocycles. The lowest BCUT2D eigenvalue weighted by Gasteiger charge is -2.02. The third kappa shape index (κ3) is 1.69. The van der Waals surface area contributed by atoms with E-state index in [0.29, 0.717) is 16.7 Å². The summed E-state index contributed by atoms with van der Waals surface area (Å²) in [5.74, 6) is -1.37. The van der Waals surface area contributed by atoms with Gasteiger partial charge in [0.2, 0.25) is 0 Å². The molecule has 1 aromatic carbocycles. The first-order valence-electron chi connectivity index (χ1n) is 4.76. The number of H-pyrrole nitrogens is 1. The van der Waals surface area contributed by atoms with Crippen LogP contribution in [0.4, 0.5) is 4.39 Å². The molecule has 16 heavy (non-hydrogen) atoms. The van der Waals surface area contributed by atoms with Crippen molar-refractivity contribution >= 4 is 5.97 Å². The fraction of sp³-hybridized carbons (Fsp3) is 0.0833. The van der Waals surface area contributed by atoms with Crippen LogP contribution in [-0.2, 0) is 0 Å². The van der Waals surface area contributed by atoms with Crippen LogP contribution in [0.5, 0.6) is 0 Å². The van der Waals surface area contributed by atoms with E-state index in [1.165, 1.54) is 12.3 Å². The Balaban J connectivity index is 2.54. The van der Waals surface area contributed by atoms with Gasteiger partial charge in [0.25, 0.3) is 0 Å². The summed E-state index contributed by atoms with van der Waals surface area (Å²) in [4.78, 5) is 13.6. The molecule has 82 valence electrons. The normalized spacial score (nSPS) is 10.4. The molecule has 2 aromatic rings. The van der Waals surface area contributed by atoms with Gasteiger partial charge in [-0.25, -0.2) is 9.18 Å². The summed E-state index contributed by atoms with van der Waals surface area (Å²) in [6, 6.07) is 4.67. The molecule has 0 aliphatic carbocycles. The van der Waals surface area contributed by atoms with Gasteiger partial charge in [-0.15, -0.1) is 0 Å². The van der Waals surface area contributed by atoms with Gasteiger partial charge >= 0.3 is 5.97 Å². The maximum Gasteiger partial charge on any atom is 0.337 e. The van der Waals surface area contributed by atoms with Crippen molar-refractivity contribution in [2.24, 2.45) is 0 Å². The summed E-state index contributed by atoms with van der Waals surface area (Å²) < 4.78 is 13.3. The number of hydrogen-bond acceptors (Lipinski definition) is 1. The lowest BCUT2D eigenvalue weighted by atomic mass is 10.0. The fourth-order valence-corrected chi connectivity index (χ4v) is 1.54. The van der Waals surface area contributed by atoms with Crippen LogP contribution in [0.15, 0.2) is 30.6 Å². The molecule has 0 aliphatic heterocycles. The predicted molar refractivity (Wildman–Crippen MR) is 57.9 cm³/mol. The Hall–Kier alpha value is -2.10. The summed E-state index contributed by atoms with van der Waals surface area (Å²) in [7, 11) is 0. The quantitative estimate of drug-likeness (QED) is 0.815. The number of nitrogens with one attached hydrogen (secondary N) is 1. The lowest BCUT2D eigenvalue weighted by Crippen LogP contribution is -1.96. The van der Waals surface area contributed by atoms with Crippen LogP contribution in [0.1, 0.15) is 15.9 Å². The Kier molecular flexibility index (Phi) is 2.48. The SMILES string of the molecule is Cc1ccc(-c2c[nH]cc2C(=O)O)cc1F. The fourth-order valence-electron chi connectivity index (χ4n) is 1.54. The van der Waals surface area contributed by atoms with Crippen LogP contribution in [0.25, 0.3) is 11.1 Å². The van der Waals surface area contributed by atoms with Crippen molar-refractivity contribution < 1.29 is 14.3 Å². The van der Waals surface area contributed by atoms with Gasteiger partial charge in [-0.1, -0.05) is 12.1 Å². The average molecular weight is 219 g/mol. The van der Waals surface area contributed by atoms with Gasteiger partial charge in [-0.3, -0.25) is 0 Å². The molecule has 0 amide bonds. The van der Waals surface area contributed by atoms with E-state index >= 15 is 0 Å². The van der Waals surface area contributed by atoms with E-state index in [-0.39, 0.29) is 11.4 Å². The van der Waals surface area contributed by atoms with Crippen molar-refractivity contribution in [1.29, 1.82) is 0 Å². The summed E-state index contributed by atoms with van der Waals surface area (Å²) in [6.45, 7) is 1.66. The number of carboxylic acids is 1. The second kappa shape index (κ2) is 3.81. The predicted octanol–water partition coefficient (Wildman–Crippen LogP) is 2.83. The average Bonchev–Trinajstić information content (AvgIpc) is 2.71. The van der Waals surface area contributed by atoms with Gasteiger partial charge in [-0.2, -0.15) is 0 Å². The first-order valence-corrected chi connectivity index (χ1v) is 4.76. The molecule has 0 unspecified atom stereocenters. The largest absolute Gasteiger partial charge is 0.478 e. The minimum atomic E-state index is -1.03. The molecule has 2 rings (SSSR count). The lowest BCUT2D eigenvalue weighted by molar-refractivity contribution is 0.0698. The molecule has 0 atom stereocenters. The molecule has 0 bridgehead atoms. The van der Waals surface area contributed by atoms with Crippen LogP contribution in [0.3, 0.4) is 0 Å². The smallest absolute Gasteiger partial charge is 0.337 e. The van der Waals surface area contributed by atoms with E-state index in [2.05, 4.69) is 4.98 Å². The van der Waals surface area contributed by atoms with Gasteiger partial charge in [0.1, 0.15) is 5.82 Å². The van der Waals surface area contributed by atoms with Gasteiger partial charge in [0, 0.05) is 18.0 Å². The summed E-state index contributed by atoms with van der Waals surface area (Å²) in [5.41, 5.74) is 1.73. The Morgan fingerprint density at radius 1 is 1.38 bits per heavy atom. The highest BCUT2D eigenvalue weighted by Crippen LogP contribution is 2.25. The third-order valence-electron chi connectivity index (χ3n) is 2.46. The molecular formula is C12H10FNO2. The van der Waals surface area contributed by atoms with Crippen LogP contribution in [0, 0.1) is 12.7 Å². The van der Waals surface area contributed by atoms with Gasteiger partial charge < -0.3 is 10.1 Å². The molecule has 0 saturated carbocycles. The second-order valence-corrected chi connectivity index (χ2v) is 3.55. The number of benzene rings is 1. The van der Waals surface area contributed by atoms with Crippen molar-refractivity contribution in [3.05, 3.63) is 47.5 Å². The van der Waals surface area contributed by atoms with Crippen molar-refractivity contribution in [3.8, 4) is 11.1 Å². The summed E-state index contributed by atoms with van der Waals surface area (Å²) in [6.07, 6.45) is 2.93. The molecule has 0 fully saturated rings. The zero-order chi connectivity index (χ0) is 11.7. The molecule has 0 aliphatic rings. The number of carbonyl (C=O) groups is 1. The first kappa shape index (κ1) is 10.4. The second-order valence-electron chi connectivity index (χ2n) is 3.55. The number of aromatic nitrogens is 1. The van der Waals surface area contributed by atoms with Gasteiger partial charge in [-0.05, 0) is 24.1 Å². The van der Waals surface area contributed by atoms with Crippen molar-refractivity contribution in [2.75, 3.05) is 0 Å². The Morgan fingerprint density at radius 3 is 2.75 bits per heavy atom. The number of aromatic amines is 1.